The van der Waals surface area contributed by atoms with Gasteiger partial charge in [-0.15, -0.1) is 6.58 Å². The molecule has 0 aliphatic carbocycles. The van der Waals surface area contributed by atoms with Crippen molar-refractivity contribution in [3.63, 3.8) is 0 Å². The molecule has 0 aliphatic heterocycles. The van der Waals surface area contributed by atoms with Gasteiger partial charge in [-0.2, -0.15) is 0 Å². The van der Waals surface area contributed by atoms with E-state index in [1.165, 1.54) is 12.8 Å². The van der Waals surface area contributed by atoms with Crippen LogP contribution in [0.15, 0.2) is 41.9 Å². The normalized spacial score (nSPS) is 11.0. The molecule has 1 rings (SSSR count). The predicted octanol–water partition coefficient (Wildman–Crippen LogP) is 2.68. The molecule has 26 heavy (non-hydrogen) atoms. The van der Waals surface area contributed by atoms with Crippen molar-refractivity contribution in [2.75, 3.05) is 40.8 Å². The first-order valence-electron chi connectivity index (χ1n) is 9.07. The zero-order valence-corrected chi connectivity index (χ0v) is 16.3. The van der Waals surface area contributed by atoms with E-state index in [0.29, 0.717) is 24.4 Å². The first-order valence-corrected chi connectivity index (χ1v) is 9.07. The van der Waals surface area contributed by atoms with Crippen molar-refractivity contribution in [1.82, 2.24) is 15.5 Å². The molecule has 0 bridgehead atoms. The number of aliphatic imine (C=N–C) groups is 1. The number of guanidine groups is 1. The molecule has 6 nitrogen and oxygen atoms in total. The molecule has 0 fully saturated rings. The summed E-state index contributed by atoms with van der Waals surface area (Å²) in [6.07, 6.45) is 6.52. The first kappa shape index (κ1) is 21.5. The van der Waals surface area contributed by atoms with Gasteiger partial charge in [-0.05, 0) is 37.5 Å². The van der Waals surface area contributed by atoms with E-state index < -0.39 is 0 Å². The van der Waals surface area contributed by atoms with Crippen LogP contribution in [0.25, 0.3) is 0 Å². The Labute approximate surface area is 157 Å². The Hall–Kier alpha value is -2.50. The lowest BCUT2D eigenvalue weighted by Crippen LogP contribution is -2.42. The molecule has 1 aromatic rings. The maximum atomic E-state index is 12.1. The summed E-state index contributed by atoms with van der Waals surface area (Å²) in [6, 6.07) is 7.11. The number of nitrogens with zero attached hydrogens (tertiary/aromatic N) is 2. The van der Waals surface area contributed by atoms with E-state index in [1.807, 2.05) is 19.2 Å². The lowest BCUT2D eigenvalue weighted by atomic mass is 10.2. The van der Waals surface area contributed by atoms with Crippen LogP contribution in [0.3, 0.4) is 0 Å². The number of methoxy groups -OCH3 is 1. The minimum Gasteiger partial charge on any atom is -0.497 e. The number of ether oxygens (including phenoxy) is 1. The zero-order chi connectivity index (χ0) is 19.2. The molecule has 2 N–H and O–H groups in total. The summed E-state index contributed by atoms with van der Waals surface area (Å²) in [4.78, 5) is 18.5. The second kappa shape index (κ2) is 12.8. The van der Waals surface area contributed by atoms with E-state index in [-0.39, 0.29) is 5.91 Å². The Balaban J connectivity index is 2.29. The number of carbonyl (C=O) groups is 1. The monoisotopic (exact) mass is 360 g/mol. The van der Waals surface area contributed by atoms with Crippen LogP contribution in [0.5, 0.6) is 5.75 Å². The molecule has 0 unspecified atom stereocenters. The Morgan fingerprint density at radius 1 is 1.27 bits per heavy atom. The van der Waals surface area contributed by atoms with E-state index in [2.05, 4.69) is 27.1 Å². The third kappa shape index (κ3) is 8.05. The second-order valence-corrected chi connectivity index (χ2v) is 6.02. The summed E-state index contributed by atoms with van der Waals surface area (Å²) in [6.45, 7) is 5.82. The van der Waals surface area contributed by atoms with Crippen LogP contribution in [0.4, 0.5) is 0 Å². The standard InChI is InChI=1S/C20H32N4O2/c1-5-6-7-8-9-15-24(3)20(21-2)23-14-13-22-19(25)17-11-10-12-18(16-17)26-4/h5,10-12,16H,1,6-9,13-15H2,2-4H3,(H,21,23)(H,22,25). The highest BCUT2D eigenvalue weighted by Gasteiger charge is 2.07. The van der Waals surface area contributed by atoms with Gasteiger partial charge in [-0.1, -0.05) is 18.6 Å². The maximum Gasteiger partial charge on any atom is 0.251 e. The third-order valence-corrected chi connectivity index (χ3v) is 4.00. The van der Waals surface area contributed by atoms with Crippen molar-refractivity contribution in [3.05, 3.63) is 42.5 Å². The van der Waals surface area contributed by atoms with Crippen LogP contribution in [0.2, 0.25) is 0 Å². The van der Waals surface area contributed by atoms with Gasteiger partial charge in [0.25, 0.3) is 5.91 Å². The molecule has 1 amide bonds. The summed E-state index contributed by atoms with van der Waals surface area (Å²) >= 11 is 0. The molecule has 144 valence electrons. The number of hydrogen-bond donors (Lipinski definition) is 2. The third-order valence-electron chi connectivity index (χ3n) is 4.00. The maximum absolute atomic E-state index is 12.1. The fourth-order valence-corrected chi connectivity index (χ4v) is 2.52. The van der Waals surface area contributed by atoms with E-state index in [0.717, 1.165) is 25.3 Å². The number of nitrogens with one attached hydrogen (secondary N) is 2. The molecular formula is C20H32N4O2. The van der Waals surface area contributed by atoms with Crippen LogP contribution in [0.1, 0.15) is 36.0 Å². The highest BCUT2D eigenvalue weighted by Crippen LogP contribution is 2.12. The quantitative estimate of drug-likeness (QED) is 0.276. The molecule has 0 saturated heterocycles. The second-order valence-electron chi connectivity index (χ2n) is 6.02. The van der Waals surface area contributed by atoms with Crippen LogP contribution >= 0.6 is 0 Å². The summed E-state index contributed by atoms with van der Waals surface area (Å²) < 4.78 is 5.14. The van der Waals surface area contributed by atoms with Gasteiger partial charge in [-0.3, -0.25) is 9.79 Å². The van der Waals surface area contributed by atoms with E-state index in [1.54, 1.807) is 32.4 Å². The molecule has 6 heteroatoms. The fraction of sp³-hybridized carbons (Fsp3) is 0.500. The van der Waals surface area contributed by atoms with Gasteiger partial charge in [0, 0.05) is 39.3 Å². The Kier molecular flexibility index (Phi) is 10.6. The van der Waals surface area contributed by atoms with Gasteiger partial charge in [-0.25, -0.2) is 0 Å². The number of rotatable bonds is 11. The molecule has 0 spiro atoms. The van der Waals surface area contributed by atoms with Crippen molar-refractivity contribution >= 4 is 11.9 Å². The molecule has 0 aromatic heterocycles. The Morgan fingerprint density at radius 2 is 2.04 bits per heavy atom. The van der Waals surface area contributed by atoms with E-state index in [9.17, 15) is 4.79 Å². The molecule has 0 aliphatic rings. The average molecular weight is 361 g/mol. The minimum absolute atomic E-state index is 0.115. The minimum atomic E-state index is -0.115. The number of allylic oxidation sites excluding steroid dienone is 1. The van der Waals surface area contributed by atoms with E-state index in [4.69, 9.17) is 4.74 Å². The smallest absolute Gasteiger partial charge is 0.251 e. The number of unbranched alkanes of at least 4 members (excludes halogenated alkanes) is 3. The van der Waals surface area contributed by atoms with Crippen LogP contribution in [0, 0.1) is 0 Å². The van der Waals surface area contributed by atoms with Gasteiger partial charge in [0.15, 0.2) is 5.96 Å². The van der Waals surface area contributed by atoms with Gasteiger partial charge < -0.3 is 20.3 Å². The van der Waals surface area contributed by atoms with Crippen molar-refractivity contribution in [2.24, 2.45) is 4.99 Å². The highest BCUT2D eigenvalue weighted by molar-refractivity contribution is 5.94. The number of carbonyl (C=O) groups excluding carboxylic acids is 1. The van der Waals surface area contributed by atoms with Crippen LogP contribution < -0.4 is 15.4 Å². The average Bonchev–Trinajstić information content (AvgIpc) is 2.67. The van der Waals surface area contributed by atoms with Crippen molar-refractivity contribution in [3.8, 4) is 5.75 Å². The van der Waals surface area contributed by atoms with Gasteiger partial charge in [0.05, 0.1) is 7.11 Å². The van der Waals surface area contributed by atoms with Crippen LogP contribution in [-0.4, -0.2) is 57.6 Å². The summed E-state index contributed by atoms with van der Waals surface area (Å²) in [5.74, 6) is 1.39. The Bertz CT molecular complexity index is 587. The molecule has 0 saturated carbocycles. The van der Waals surface area contributed by atoms with Gasteiger partial charge in [0.1, 0.15) is 5.75 Å². The van der Waals surface area contributed by atoms with Crippen LogP contribution in [-0.2, 0) is 0 Å². The predicted molar refractivity (Wildman–Crippen MR) is 108 cm³/mol. The fourth-order valence-electron chi connectivity index (χ4n) is 2.52. The summed E-state index contributed by atoms with van der Waals surface area (Å²) in [5, 5.41) is 6.17. The number of amides is 1. The van der Waals surface area contributed by atoms with Crippen molar-refractivity contribution in [1.29, 1.82) is 0 Å². The van der Waals surface area contributed by atoms with Gasteiger partial charge in [0.2, 0.25) is 0 Å². The topological polar surface area (TPSA) is 66.0 Å². The van der Waals surface area contributed by atoms with Crippen molar-refractivity contribution in [2.45, 2.75) is 25.7 Å². The lowest BCUT2D eigenvalue weighted by Gasteiger charge is -2.22. The molecular weight excluding hydrogens is 328 g/mol. The largest absolute Gasteiger partial charge is 0.497 e. The zero-order valence-electron chi connectivity index (χ0n) is 16.3. The SMILES string of the molecule is C=CCCCCCN(C)C(=NC)NCCNC(=O)c1cccc(OC)c1. The Morgan fingerprint density at radius 3 is 2.73 bits per heavy atom. The molecule has 0 heterocycles. The summed E-state index contributed by atoms with van der Waals surface area (Å²) in [5.41, 5.74) is 0.588. The first-order chi connectivity index (χ1) is 12.6. The van der Waals surface area contributed by atoms with Gasteiger partial charge >= 0.3 is 0 Å². The summed E-state index contributed by atoms with van der Waals surface area (Å²) in [7, 11) is 5.38. The molecule has 1 aromatic carbocycles. The molecule has 0 atom stereocenters. The van der Waals surface area contributed by atoms with Crippen molar-refractivity contribution < 1.29 is 9.53 Å². The molecule has 0 radical (unpaired) electrons. The highest BCUT2D eigenvalue weighted by atomic mass is 16.5. The number of benzene rings is 1. The number of hydrogen-bond acceptors (Lipinski definition) is 3. The lowest BCUT2D eigenvalue weighted by molar-refractivity contribution is 0.0954. The van der Waals surface area contributed by atoms with E-state index >= 15 is 0 Å².